The molecule has 36 heteroatoms. The lowest BCUT2D eigenvalue weighted by Crippen LogP contribution is -2.54. The van der Waals surface area contributed by atoms with Crippen LogP contribution in [0.4, 0.5) is 9.59 Å². The number of aliphatic carboxylic acids is 4. The first-order valence-corrected chi connectivity index (χ1v) is 43.3. The lowest BCUT2D eigenvalue weighted by Gasteiger charge is -2.35. The van der Waals surface area contributed by atoms with Crippen molar-refractivity contribution in [2.24, 2.45) is 34.2 Å². The average molecular weight is 1830 g/mol. The normalized spacial score (nSPS) is 23.2. The molecule has 12 N–H and O–H groups in total. The van der Waals surface area contributed by atoms with E-state index in [1.807, 2.05) is 69.2 Å². The molecule has 7 fully saturated rings. The maximum absolute atomic E-state index is 13.2. The van der Waals surface area contributed by atoms with E-state index in [9.17, 15) is 72.5 Å². The molecule has 0 bridgehead atoms. The lowest BCUT2D eigenvalue weighted by atomic mass is 9.84. The van der Waals surface area contributed by atoms with E-state index in [1.165, 1.54) is 67.9 Å². The van der Waals surface area contributed by atoms with E-state index >= 15 is 0 Å². The van der Waals surface area contributed by atoms with Crippen molar-refractivity contribution in [3.63, 3.8) is 0 Å². The minimum absolute atomic E-state index is 0. The summed E-state index contributed by atoms with van der Waals surface area (Å²) < 4.78 is 25.6. The number of hydrogen-bond acceptors (Lipinski definition) is 26. The van der Waals surface area contributed by atoms with Crippen LogP contribution in [0.1, 0.15) is 285 Å². The molecule has 4 amide bonds. The number of cyclic esters (lactones) is 2. The molecule has 3 saturated carbocycles. The van der Waals surface area contributed by atoms with Gasteiger partial charge in [-0.3, -0.25) is 48.3 Å². The number of imidazole rings is 1. The number of nitrogens with zero attached hydrogens (tertiary/aromatic N) is 7. The molecule has 0 radical (unpaired) electrons. The first kappa shape index (κ1) is 111. The topological polar surface area (TPSA) is 492 Å². The summed E-state index contributed by atoms with van der Waals surface area (Å²) >= 11 is 0. The van der Waals surface area contributed by atoms with E-state index in [2.05, 4.69) is 42.2 Å². The number of aromatic nitrogens is 2. The summed E-state index contributed by atoms with van der Waals surface area (Å²) in [5.41, 5.74) is 10.7. The van der Waals surface area contributed by atoms with Crippen LogP contribution in [-0.2, 0) is 76.4 Å². The van der Waals surface area contributed by atoms with E-state index < -0.39 is 90.2 Å². The van der Waals surface area contributed by atoms with Gasteiger partial charge in [0.2, 0.25) is 24.2 Å². The van der Waals surface area contributed by atoms with Gasteiger partial charge in [-0.2, -0.15) is 0 Å². The van der Waals surface area contributed by atoms with Crippen molar-refractivity contribution in [3.8, 4) is 0 Å². The minimum Gasteiger partial charge on any atom is -0.480 e. The standard InChI is InChI=1S/2C20H34N2O5.C11H17NO5.C10H19NO4.C9H15NO2.C7H5N4O.2C4H11N.HI/c2*1-4-8-15(12-18(23)27-5-2)21-13(3)19(24)22-16-10-7-6-9-14(16)11-17(22)20(25)26;1-4-6-8(10(14)16-5-2)12-7(3)9(13)17-11(12)15;1-4-6-8(10(14)15-5-2)11-7(3)9(12)13;11-9(12)8-5-6-3-1-2-4-7(6)10-8;12-7(10-3-1-8-5-10)11-4-2-9-6-11;2*1-4(2,3)5;/h2*13-17,21H,4-12H2,1-3H3,(H,25,26);7-8H,4-6H2,1-3H3;7-8,11H,4-6H2,1-3H3,(H,12,13);6-8,10H,1-5H2,(H,11,12);1,3-6H;2*5H2,1-3H3;1H/q;;;;;+1;;;/t2*13-,14?,15-,16?,17-;7-,8-;7-,8+;6?,7?,8-;;;;/m00000..../s1. The van der Waals surface area contributed by atoms with Crippen LogP contribution in [-0.4, -0.2) is 256 Å². The minimum atomic E-state index is -0.972. The van der Waals surface area contributed by atoms with E-state index in [4.69, 9.17) is 40.6 Å². The summed E-state index contributed by atoms with van der Waals surface area (Å²) in [6, 6.07) is -5.49. The molecule has 3 aliphatic carbocycles. The summed E-state index contributed by atoms with van der Waals surface area (Å²) in [4.78, 5) is 165. The van der Waals surface area contributed by atoms with Crippen molar-refractivity contribution in [1.82, 2.24) is 50.4 Å². The molecular weight excluding hydrogens is 1680 g/mol. The number of amides is 4. The monoisotopic (exact) mass is 1830 g/mol. The van der Waals surface area contributed by atoms with Crippen LogP contribution in [0.2, 0.25) is 0 Å². The molecule has 35 nitrogen and oxygen atoms in total. The highest BCUT2D eigenvalue weighted by atomic mass is 127. The fourth-order valence-corrected chi connectivity index (χ4v) is 15.6. The molecule has 4 saturated heterocycles. The summed E-state index contributed by atoms with van der Waals surface area (Å²) in [6.45, 7) is 34.4. The molecule has 17 atom stereocenters. The molecule has 5 aliphatic heterocycles. The smallest absolute Gasteiger partial charge is 0.419 e. The summed E-state index contributed by atoms with van der Waals surface area (Å²) in [7, 11) is 0. The number of nitrogens with two attached hydrogens (primary N) is 2. The number of ether oxygens (including phenoxy) is 5. The summed E-state index contributed by atoms with van der Waals surface area (Å²) in [6.07, 6.45) is 30.4. The first-order chi connectivity index (χ1) is 56.5. The Balaban J connectivity index is 0.000000725. The van der Waals surface area contributed by atoms with Crippen molar-refractivity contribution in [2.45, 2.75) is 381 Å². The third-order valence-corrected chi connectivity index (χ3v) is 20.8. The van der Waals surface area contributed by atoms with Gasteiger partial charge in [0.1, 0.15) is 48.6 Å². The Bertz CT molecular complexity index is 3270. The quantitative estimate of drug-likeness (QED) is 0.0109. The largest absolute Gasteiger partial charge is 0.480 e. The molecule has 8 aliphatic rings. The zero-order valence-corrected chi connectivity index (χ0v) is 77.4. The van der Waals surface area contributed by atoms with Crippen molar-refractivity contribution < 1.29 is 106 Å². The third-order valence-electron chi connectivity index (χ3n) is 20.8. The van der Waals surface area contributed by atoms with Crippen LogP contribution in [0.25, 0.3) is 0 Å². The number of aliphatic imine (C=N–C) groups is 1. The van der Waals surface area contributed by atoms with Crippen molar-refractivity contribution in [3.05, 3.63) is 31.1 Å². The number of esters is 5. The van der Waals surface area contributed by atoms with Gasteiger partial charge in [0, 0.05) is 58.7 Å². The summed E-state index contributed by atoms with van der Waals surface area (Å²) in [5.74, 6) is -4.64. The van der Waals surface area contributed by atoms with E-state index in [0.29, 0.717) is 75.7 Å². The maximum atomic E-state index is 13.2. The van der Waals surface area contributed by atoms with Crippen LogP contribution in [0.15, 0.2) is 29.9 Å². The number of halogens is 1. The van der Waals surface area contributed by atoms with Gasteiger partial charge in [-0.15, -0.1) is 28.9 Å². The van der Waals surface area contributed by atoms with Gasteiger partial charge < -0.3 is 81.3 Å². The Morgan fingerprint density at radius 1 is 0.579 bits per heavy atom. The molecule has 121 heavy (non-hydrogen) atoms. The molecule has 690 valence electrons. The summed E-state index contributed by atoms with van der Waals surface area (Å²) in [5, 5.41) is 49.2. The predicted molar refractivity (Wildman–Crippen MR) is 465 cm³/mol. The van der Waals surface area contributed by atoms with E-state index in [1.54, 1.807) is 63.7 Å². The van der Waals surface area contributed by atoms with Crippen molar-refractivity contribution in [1.29, 1.82) is 0 Å². The Morgan fingerprint density at radius 3 is 1.37 bits per heavy atom. The van der Waals surface area contributed by atoms with Gasteiger partial charge in [-0.1, -0.05) is 91.9 Å². The highest BCUT2D eigenvalue weighted by Crippen LogP contribution is 2.42. The first-order valence-electron chi connectivity index (χ1n) is 43.3. The average Bonchev–Trinajstić information content (AvgIpc) is 1.69. The fraction of sp³-hybridized carbons (Fsp3) is 0.776. The fourth-order valence-electron chi connectivity index (χ4n) is 15.6. The molecule has 9 rings (SSSR count). The van der Waals surface area contributed by atoms with Gasteiger partial charge in [0.15, 0.2) is 0 Å². The highest BCUT2D eigenvalue weighted by molar-refractivity contribution is 14.0. The molecular formula is C85H147IN13O22+. The number of carbonyl (C=O) groups is 13. The number of fused-ring (bicyclic) bond motifs is 3. The van der Waals surface area contributed by atoms with Gasteiger partial charge in [-0.05, 0) is 198 Å². The number of carboxylic acids is 4. The zero-order valence-electron chi connectivity index (χ0n) is 75.0. The zero-order chi connectivity index (χ0) is 90.7. The van der Waals surface area contributed by atoms with Gasteiger partial charge >= 0.3 is 65.8 Å². The van der Waals surface area contributed by atoms with Gasteiger partial charge in [0.05, 0.1) is 51.4 Å². The Kier molecular flexibility index (Phi) is 52.9. The molecule has 6 unspecified atom stereocenters. The van der Waals surface area contributed by atoms with Crippen LogP contribution >= 0.6 is 24.0 Å². The lowest BCUT2D eigenvalue weighted by molar-refractivity contribution is -0.151. The Labute approximate surface area is 733 Å². The molecule has 0 aromatic carbocycles. The van der Waals surface area contributed by atoms with Crippen LogP contribution in [0.3, 0.4) is 0 Å². The molecule has 1 aromatic rings. The highest BCUT2D eigenvalue weighted by Gasteiger charge is 2.51. The molecule has 6 heterocycles. The van der Waals surface area contributed by atoms with Crippen LogP contribution in [0, 0.1) is 24.0 Å². The van der Waals surface area contributed by atoms with Crippen molar-refractivity contribution >= 4 is 108 Å². The number of likely N-dealkylation sites (tertiary alicyclic amines) is 2. The predicted octanol–water partition coefficient (Wildman–Crippen LogP) is 10.1. The van der Waals surface area contributed by atoms with E-state index in [-0.39, 0.29) is 120 Å². The number of hydrogen-bond donors (Lipinski definition) is 10. The Morgan fingerprint density at radius 2 is 1.01 bits per heavy atom. The van der Waals surface area contributed by atoms with Crippen LogP contribution < -0.4 is 32.7 Å². The Hall–Kier alpha value is -7.87. The van der Waals surface area contributed by atoms with Crippen LogP contribution in [0.5, 0.6) is 0 Å². The SMILES string of the molecule is CC(C)(C)N.CC(C)(C)N.CCC[C@@H](C(=O)OCC)N1C(=O)OC(=O)[C@@H]1C.CCC[C@@H](CC(=O)OCC)N[C@@H](C)C(=O)N1C2CCCCC2C[C@H]1C(=O)O.CCC[C@@H](CC(=O)OCC)N[C@@H](C)C(=O)N1C2CCCCC2C[C@H]1C(=O)O.CCC[C@@H](N[C@@H](C)C(=O)O)C(=O)OCC.I.O=C(N1C=[C+]N=C1)n1ccnc1.O=C(O)[C@@H]1CC2CCCCC2N1. The second kappa shape index (κ2) is 57.5. The van der Waals surface area contributed by atoms with Crippen molar-refractivity contribution in [2.75, 3.05) is 26.4 Å². The van der Waals surface area contributed by atoms with Gasteiger partial charge in [-0.25, -0.2) is 33.8 Å². The molecule has 1 aromatic heterocycles. The number of carboxylic acid groups (broad SMARTS) is 4. The number of carbonyl (C=O) groups excluding carboxylic acids is 9. The second-order valence-corrected chi connectivity index (χ2v) is 33.6. The van der Waals surface area contributed by atoms with E-state index in [0.717, 1.165) is 94.8 Å². The second-order valence-electron chi connectivity index (χ2n) is 33.6. The number of nitrogens with one attached hydrogen (secondary N) is 4. The maximum Gasteiger partial charge on any atom is 0.419 e. The third kappa shape index (κ3) is 40.6. The van der Waals surface area contributed by atoms with Gasteiger partial charge in [0.25, 0.3) is 6.34 Å². The molecule has 0 spiro atoms. The number of rotatable bonds is 31.